The zero-order chi connectivity index (χ0) is 18.0. The van der Waals surface area contributed by atoms with Crippen LogP contribution in [0, 0.1) is 6.92 Å². The number of anilines is 1. The Morgan fingerprint density at radius 1 is 1.12 bits per heavy atom. The van der Waals surface area contributed by atoms with Gasteiger partial charge in [0.2, 0.25) is 5.88 Å². The molecular formula is C18H19F3N2O2. The lowest BCUT2D eigenvalue weighted by Gasteiger charge is -2.19. The first-order chi connectivity index (χ1) is 11.9. The summed E-state index contributed by atoms with van der Waals surface area (Å²) >= 11 is 0. The third kappa shape index (κ3) is 3.97. The zero-order valence-electron chi connectivity index (χ0n) is 14.0. The molecule has 4 nitrogen and oxygen atoms in total. The topological polar surface area (TPSA) is 34.6 Å². The summed E-state index contributed by atoms with van der Waals surface area (Å²) in [6.07, 6.45) is -3.65. The summed E-state index contributed by atoms with van der Waals surface area (Å²) in [4.78, 5) is 6.56. The van der Waals surface area contributed by atoms with Crippen molar-refractivity contribution in [3.63, 3.8) is 0 Å². The van der Waals surface area contributed by atoms with Gasteiger partial charge in [-0.05, 0) is 37.3 Å². The fourth-order valence-corrected chi connectivity index (χ4v) is 2.83. The number of pyridine rings is 1. The van der Waals surface area contributed by atoms with Gasteiger partial charge in [-0.3, -0.25) is 0 Å². The molecule has 1 saturated heterocycles. The van der Waals surface area contributed by atoms with Gasteiger partial charge in [0.05, 0.1) is 19.2 Å². The third-order valence-corrected chi connectivity index (χ3v) is 4.18. The summed E-state index contributed by atoms with van der Waals surface area (Å²) in [6, 6.07) is 8.67. The molecule has 1 atom stereocenters. The van der Waals surface area contributed by atoms with E-state index in [1.165, 1.54) is 12.1 Å². The number of aryl methyl sites for hydroxylation is 1. The number of aromatic nitrogens is 1. The van der Waals surface area contributed by atoms with E-state index in [4.69, 9.17) is 9.47 Å². The first-order valence-electron chi connectivity index (χ1n) is 7.97. The molecule has 0 radical (unpaired) electrons. The Labute approximate surface area is 144 Å². The highest BCUT2D eigenvalue weighted by molar-refractivity contribution is 5.45. The Balaban J connectivity index is 1.63. The highest BCUT2D eigenvalue weighted by Crippen LogP contribution is 2.31. The fourth-order valence-electron chi connectivity index (χ4n) is 2.83. The summed E-state index contributed by atoms with van der Waals surface area (Å²) in [5, 5.41) is 0. The van der Waals surface area contributed by atoms with Crippen LogP contribution in [0.3, 0.4) is 0 Å². The Morgan fingerprint density at radius 3 is 2.48 bits per heavy atom. The smallest absolute Gasteiger partial charge is 0.416 e. The maximum absolute atomic E-state index is 12.6. The Hall–Kier alpha value is -2.44. The molecule has 1 aliphatic heterocycles. The number of rotatable bonds is 4. The van der Waals surface area contributed by atoms with Crippen LogP contribution in [-0.4, -0.2) is 31.3 Å². The summed E-state index contributed by atoms with van der Waals surface area (Å²) in [7, 11) is 1.58. The molecule has 1 aromatic carbocycles. The van der Waals surface area contributed by atoms with Gasteiger partial charge >= 0.3 is 6.18 Å². The van der Waals surface area contributed by atoms with Gasteiger partial charge in [-0.1, -0.05) is 6.07 Å². The predicted molar refractivity (Wildman–Crippen MR) is 88.2 cm³/mol. The van der Waals surface area contributed by atoms with Gasteiger partial charge < -0.3 is 14.4 Å². The van der Waals surface area contributed by atoms with Crippen LogP contribution in [0.2, 0.25) is 0 Å². The molecule has 3 rings (SSSR count). The number of alkyl halides is 3. The molecule has 7 heteroatoms. The second-order valence-corrected chi connectivity index (χ2v) is 5.99. The van der Waals surface area contributed by atoms with Crippen molar-refractivity contribution >= 4 is 5.82 Å². The molecule has 0 unspecified atom stereocenters. The van der Waals surface area contributed by atoms with E-state index in [1.807, 2.05) is 19.1 Å². The van der Waals surface area contributed by atoms with Gasteiger partial charge in [0.1, 0.15) is 17.7 Å². The van der Waals surface area contributed by atoms with Crippen molar-refractivity contribution in [1.29, 1.82) is 0 Å². The van der Waals surface area contributed by atoms with Gasteiger partial charge in [-0.15, -0.1) is 0 Å². The molecular weight excluding hydrogens is 333 g/mol. The number of halogens is 3. The van der Waals surface area contributed by atoms with Crippen LogP contribution >= 0.6 is 0 Å². The molecule has 2 aromatic rings. The number of methoxy groups -OCH3 is 1. The van der Waals surface area contributed by atoms with E-state index in [1.54, 1.807) is 7.11 Å². The lowest BCUT2D eigenvalue weighted by atomic mass is 10.2. The number of benzene rings is 1. The lowest BCUT2D eigenvalue weighted by molar-refractivity contribution is -0.137. The van der Waals surface area contributed by atoms with E-state index in [2.05, 4.69) is 9.88 Å². The molecule has 0 amide bonds. The number of nitrogens with zero attached hydrogens (tertiary/aromatic N) is 2. The van der Waals surface area contributed by atoms with Crippen molar-refractivity contribution in [2.75, 3.05) is 25.1 Å². The normalized spacial score (nSPS) is 17.6. The molecule has 0 bridgehead atoms. The van der Waals surface area contributed by atoms with Crippen LogP contribution in [0.4, 0.5) is 19.0 Å². The third-order valence-electron chi connectivity index (χ3n) is 4.18. The largest absolute Gasteiger partial charge is 0.489 e. The van der Waals surface area contributed by atoms with Crippen molar-refractivity contribution in [1.82, 2.24) is 4.98 Å². The van der Waals surface area contributed by atoms with Crippen LogP contribution < -0.4 is 14.4 Å². The van der Waals surface area contributed by atoms with Crippen molar-refractivity contribution in [3.05, 3.63) is 47.5 Å². The van der Waals surface area contributed by atoms with Crippen molar-refractivity contribution in [3.8, 4) is 11.6 Å². The van der Waals surface area contributed by atoms with Crippen LogP contribution in [-0.2, 0) is 6.18 Å². The van der Waals surface area contributed by atoms with Crippen LogP contribution in [0.15, 0.2) is 36.4 Å². The van der Waals surface area contributed by atoms with Gasteiger partial charge in [0.15, 0.2) is 0 Å². The average Bonchev–Trinajstić information content (AvgIpc) is 3.03. The maximum atomic E-state index is 12.6. The average molecular weight is 352 g/mol. The minimum absolute atomic E-state index is 0.0918. The highest BCUT2D eigenvalue weighted by atomic mass is 19.4. The van der Waals surface area contributed by atoms with Crippen LogP contribution in [0.25, 0.3) is 0 Å². The Kier molecular flexibility index (Phi) is 4.74. The molecule has 0 spiro atoms. The minimum atomic E-state index is -4.33. The zero-order valence-corrected chi connectivity index (χ0v) is 14.0. The van der Waals surface area contributed by atoms with E-state index < -0.39 is 11.7 Å². The van der Waals surface area contributed by atoms with E-state index >= 15 is 0 Å². The molecule has 134 valence electrons. The quantitative estimate of drug-likeness (QED) is 0.831. The molecule has 1 aromatic heterocycles. The summed E-state index contributed by atoms with van der Waals surface area (Å²) in [6.45, 7) is 3.32. The molecule has 0 aliphatic carbocycles. The van der Waals surface area contributed by atoms with Crippen molar-refractivity contribution < 1.29 is 22.6 Å². The molecule has 1 aliphatic rings. The van der Waals surface area contributed by atoms with E-state index in [-0.39, 0.29) is 6.10 Å². The first kappa shape index (κ1) is 17.4. The van der Waals surface area contributed by atoms with E-state index in [0.29, 0.717) is 18.2 Å². The number of ether oxygens (including phenoxy) is 2. The number of hydrogen-bond donors (Lipinski definition) is 0. The molecule has 0 N–H and O–H groups in total. The van der Waals surface area contributed by atoms with E-state index in [0.717, 1.165) is 36.5 Å². The summed E-state index contributed by atoms with van der Waals surface area (Å²) in [5.41, 5.74) is 0.284. The SMILES string of the molecule is COc1nc(N2CC[C@H](Oc3ccc(C(F)(F)F)cc3)C2)ccc1C. The van der Waals surface area contributed by atoms with Gasteiger partial charge in [0.25, 0.3) is 0 Å². The monoisotopic (exact) mass is 352 g/mol. The van der Waals surface area contributed by atoms with Gasteiger partial charge in [0, 0.05) is 18.5 Å². The fraction of sp³-hybridized carbons (Fsp3) is 0.389. The van der Waals surface area contributed by atoms with Crippen molar-refractivity contribution in [2.24, 2.45) is 0 Å². The Bertz CT molecular complexity index is 732. The van der Waals surface area contributed by atoms with Gasteiger partial charge in [-0.25, -0.2) is 0 Å². The first-order valence-corrected chi connectivity index (χ1v) is 7.97. The van der Waals surface area contributed by atoms with Gasteiger partial charge in [-0.2, -0.15) is 18.2 Å². The van der Waals surface area contributed by atoms with Crippen LogP contribution in [0.5, 0.6) is 11.6 Å². The predicted octanol–water partition coefficient (Wildman–Crippen LogP) is 4.08. The lowest BCUT2D eigenvalue weighted by Crippen LogP contribution is -2.25. The van der Waals surface area contributed by atoms with Crippen molar-refractivity contribution in [2.45, 2.75) is 25.6 Å². The number of hydrogen-bond acceptors (Lipinski definition) is 4. The summed E-state index contributed by atoms with van der Waals surface area (Å²) < 4.78 is 48.8. The standard InChI is InChI=1S/C18H19F3N2O2/c1-12-3-8-16(22-17(12)24-2)23-10-9-15(11-23)25-14-6-4-13(5-7-14)18(19,20)21/h3-8,15H,9-11H2,1-2H3/t15-/m0/s1. The second-order valence-electron chi connectivity index (χ2n) is 5.99. The summed E-state index contributed by atoms with van der Waals surface area (Å²) in [5.74, 6) is 1.83. The second kappa shape index (κ2) is 6.82. The minimum Gasteiger partial charge on any atom is -0.489 e. The molecule has 1 fully saturated rings. The molecule has 0 saturated carbocycles. The molecule has 25 heavy (non-hydrogen) atoms. The van der Waals surface area contributed by atoms with E-state index in [9.17, 15) is 13.2 Å². The Morgan fingerprint density at radius 2 is 1.84 bits per heavy atom. The molecule has 2 heterocycles. The highest BCUT2D eigenvalue weighted by Gasteiger charge is 2.30. The maximum Gasteiger partial charge on any atom is 0.416 e. The van der Waals surface area contributed by atoms with Crippen LogP contribution in [0.1, 0.15) is 17.5 Å².